The molecule has 0 saturated carbocycles. The van der Waals surface area contributed by atoms with Crippen LogP contribution >= 0.6 is 0 Å². The molecule has 0 aliphatic carbocycles. The minimum Gasteiger partial charge on any atom is -0.357 e. The fourth-order valence-electron chi connectivity index (χ4n) is 4.32. The van der Waals surface area contributed by atoms with Crippen LogP contribution in [0.5, 0.6) is 0 Å². The van der Waals surface area contributed by atoms with Gasteiger partial charge in [-0.2, -0.15) is 0 Å². The van der Waals surface area contributed by atoms with Crippen molar-refractivity contribution in [3.63, 3.8) is 0 Å². The summed E-state index contributed by atoms with van der Waals surface area (Å²) in [5, 5.41) is 6.82. The lowest BCUT2D eigenvalue weighted by atomic mass is 10.1. The summed E-state index contributed by atoms with van der Waals surface area (Å²) in [5.41, 5.74) is 1.28. The summed E-state index contributed by atoms with van der Waals surface area (Å²) < 4.78 is 0. The van der Waals surface area contributed by atoms with Crippen LogP contribution in [0.25, 0.3) is 0 Å². The normalized spacial score (nSPS) is 21.4. The van der Waals surface area contributed by atoms with Crippen molar-refractivity contribution in [2.24, 2.45) is 10.9 Å². The maximum atomic E-state index is 12.4. The third kappa shape index (κ3) is 8.15. The highest BCUT2D eigenvalue weighted by molar-refractivity contribution is 5.80. The lowest BCUT2D eigenvalue weighted by molar-refractivity contribution is -0.127. The average molecular weight is 429 g/mol. The topological polar surface area (TPSA) is 63.2 Å². The standard InChI is InChI=1S/C24H40N6O/c1-3-25-24(26-11-15-29-13-7-12-28(2)16-17-29)27-19-22-18-23(31)30(20-22)14-10-21-8-5-4-6-9-21/h4-6,8-9,22H,3,7,10-20H2,1-2H3,(H2,25,26,27). The number of amides is 1. The lowest BCUT2D eigenvalue weighted by Crippen LogP contribution is -2.42. The van der Waals surface area contributed by atoms with Crippen LogP contribution in [0, 0.1) is 5.92 Å². The molecule has 0 radical (unpaired) electrons. The van der Waals surface area contributed by atoms with E-state index in [2.05, 4.69) is 58.7 Å². The van der Waals surface area contributed by atoms with Crippen molar-refractivity contribution in [1.82, 2.24) is 25.3 Å². The van der Waals surface area contributed by atoms with Gasteiger partial charge >= 0.3 is 0 Å². The number of carbonyl (C=O) groups is 1. The Labute approximate surface area is 187 Å². The summed E-state index contributed by atoms with van der Waals surface area (Å²) >= 11 is 0. The highest BCUT2D eigenvalue weighted by atomic mass is 16.2. The van der Waals surface area contributed by atoms with Gasteiger partial charge in [-0.3, -0.25) is 9.79 Å². The fraction of sp³-hybridized carbons (Fsp3) is 0.667. The van der Waals surface area contributed by atoms with Gasteiger partial charge in [0.2, 0.25) is 5.91 Å². The molecule has 7 heteroatoms. The van der Waals surface area contributed by atoms with E-state index in [9.17, 15) is 4.79 Å². The molecule has 2 aliphatic heterocycles. The number of rotatable bonds is 9. The van der Waals surface area contributed by atoms with E-state index >= 15 is 0 Å². The second kappa shape index (κ2) is 12.7. The molecule has 2 aliphatic rings. The highest BCUT2D eigenvalue weighted by Gasteiger charge is 2.29. The first-order chi connectivity index (χ1) is 15.1. The van der Waals surface area contributed by atoms with Crippen LogP contribution in [0.3, 0.4) is 0 Å². The van der Waals surface area contributed by atoms with Crippen molar-refractivity contribution in [2.45, 2.75) is 26.2 Å². The van der Waals surface area contributed by atoms with Crippen LogP contribution in [-0.2, 0) is 11.2 Å². The second-order valence-electron chi connectivity index (χ2n) is 8.79. The maximum Gasteiger partial charge on any atom is 0.223 e. The zero-order valence-corrected chi connectivity index (χ0v) is 19.4. The molecule has 2 fully saturated rings. The van der Waals surface area contributed by atoms with Crippen LogP contribution in [0.2, 0.25) is 0 Å². The summed E-state index contributed by atoms with van der Waals surface area (Å²) in [6.07, 6.45) is 2.76. The summed E-state index contributed by atoms with van der Waals surface area (Å²) in [7, 11) is 2.20. The van der Waals surface area contributed by atoms with Crippen molar-refractivity contribution >= 4 is 11.9 Å². The van der Waals surface area contributed by atoms with Gasteiger partial charge in [0.05, 0.1) is 0 Å². The predicted octanol–water partition coefficient (Wildman–Crippen LogP) is 1.27. The summed E-state index contributed by atoms with van der Waals surface area (Å²) in [6, 6.07) is 10.4. The van der Waals surface area contributed by atoms with Crippen LogP contribution in [0.15, 0.2) is 35.3 Å². The maximum absolute atomic E-state index is 12.4. The van der Waals surface area contributed by atoms with Gasteiger partial charge in [0.15, 0.2) is 5.96 Å². The minimum absolute atomic E-state index is 0.264. The van der Waals surface area contributed by atoms with E-state index in [0.29, 0.717) is 18.9 Å². The Morgan fingerprint density at radius 1 is 1.10 bits per heavy atom. The minimum atomic E-state index is 0.264. The summed E-state index contributed by atoms with van der Waals surface area (Å²) in [5.74, 6) is 1.43. The van der Waals surface area contributed by atoms with Gasteiger partial charge in [0.1, 0.15) is 0 Å². The van der Waals surface area contributed by atoms with E-state index < -0.39 is 0 Å². The fourth-order valence-corrected chi connectivity index (χ4v) is 4.32. The average Bonchev–Trinajstić information content (AvgIpc) is 3.00. The monoisotopic (exact) mass is 428 g/mol. The molecular weight excluding hydrogens is 388 g/mol. The lowest BCUT2D eigenvalue weighted by Gasteiger charge is -2.21. The van der Waals surface area contributed by atoms with Crippen LogP contribution in [0.4, 0.5) is 0 Å². The molecule has 172 valence electrons. The number of nitrogens with one attached hydrogen (secondary N) is 2. The Kier molecular flexibility index (Phi) is 9.62. The molecule has 2 saturated heterocycles. The van der Waals surface area contributed by atoms with Gasteiger partial charge in [-0.25, -0.2) is 0 Å². The molecule has 0 bridgehead atoms. The smallest absolute Gasteiger partial charge is 0.223 e. The molecule has 3 rings (SSSR count). The first kappa shape index (κ1) is 23.5. The molecule has 31 heavy (non-hydrogen) atoms. The molecule has 1 aromatic rings. The number of carbonyl (C=O) groups excluding carboxylic acids is 1. The Morgan fingerprint density at radius 2 is 1.94 bits per heavy atom. The largest absolute Gasteiger partial charge is 0.357 e. The number of guanidine groups is 1. The van der Waals surface area contributed by atoms with Gasteiger partial charge < -0.3 is 25.3 Å². The molecule has 7 nitrogen and oxygen atoms in total. The van der Waals surface area contributed by atoms with Crippen molar-refractivity contribution in [3.05, 3.63) is 35.9 Å². The molecule has 1 atom stereocenters. The van der Waals surface area contributed by atoms with Gasteiger partial charge in [-0.1, -0.05) is 30.3 Å². The summed E-state index contributed by atoms with van der Waals surface area (Å²) in [4.78, 5) is 24.1. The van der Waals surface area contributed by atoms with E-state index in [1.165, 1.54) is 25.1 Å². The van der Waals surface area contributed by atoms with E-state index in [4.69, 9.17) is 4.99 Å². The Hall–Kier alpha value is -2.12. The van der Waals surface area contributed by atoms with Gasteiger partial charge in [0.25, 0.3) is 0 Å². The van der Waals surface area contributed by atoms with Gasteiger partial charge in [-0.05, 0) is 45.5 Å². The molecule has 0 spiro atoms. The van der Waals surface area contributed by atoms with Gasteiger partial charge in [-0.15, -0.1) is 0 Å². The zero-order chi connectivity index (χ0) is 21.9. The number of benzene rings is 1. The number of aliphatic imine (C=N–C) groups is 1. The molecule has 0 aromatic heterocycles. The number of hydrogen-bond acceptors (Lipinski definition) is 4. The zero-order valence-electron chi connectivity index (χ0n) is 19.4. The van der Waals surface area contributed by atoms with Crippen LogP contribution in [0.1, 0.15) is 25.3 Å². The van der Waals surface area contributed by atoms with Crippen molar-refractivity contribution in [3.8, 4) is 0 Å². The van der Waals surface area contributed by atoms with Crippen molar-refractivity contribution in [2.75, 3.05) is 72.5 Å². The van der Waals surface area contributed by atoms with Crippen LogP contribution < -0.4 is 10.6 Å². The number of likely N-dealkylation sites (tertiary alicyclic amines) is 1. The van der Waals surface area contributed by atoms with E-state index in [-0.39, 0.29) is 5.91 Å². The van der Waals surface area contributed by atoms with Crippen molar-refractivity contribution in [1.29, 1.82) is 0 Å². The SMILES string of the molecule is CCNC(=NCC1CC(=O)N(CCc2ccccc2)C1)NCCN1CCCN(C)CC1. The molecule has 1 aromatic carbocycles. The van der Waals surface area contributed by atoms with E-state index in [1.54, 1.807) is 0 Å². The Morgan fingerprint density at radius 3 is 2.74 bits per heavy atom. The molecular formula is C24H40N6O. The number of nitrogens with zero attached hydrogens (tertiary/aromatic N) is 4. The Bertz CT molecular complexity index is 695. The second-order valence-corrected chi connectivity index (χ2v) is 8.79. The molecule has 2 N–H and O–H groups in total. The molecule has 1 unspecified atom stereocenters. The predicted molar refractivity (Wildman–Crippen MR) is 127 cm³/mol. The number of hydrogen-bond donors (Lipinski definition) is 2. The Balaban J connectivity index is 1.40. The third-order valence-corrected chi connectivity index (χ3v) is 6.19. The number of likely N-dealkylation sites (N-methyl/N-ethyl adjacent to an activating group) is 1. The molecule has 2 heterocycles. The first-order valence-corrected chi connectivity index (χ1v) is 11.9. The van der Waals surface area contributed by atoms with Crippen molar-refractivity contribution < 1.29 is 4.79 Å². The highest BCUT2D eigenvalue weighted by Crippen LogP contribution is 2.18. The third-order valence-electron chi connectivity index (χ3n) is 6.19. The summed E-state index contributed by atoms with van der Waals surface area (Å²) in [6.45, 7) is 11.8. The molecule has 1 amide bonds. The van der Waals surface area contributed by atoms with E-state index in [0.717, 1.165) is 58.2 Å². The quantitative estimate of drug-likeness (QED) is 0.458. The van der Waals surface area contributed by atoms with E-state index in [1.807, 2.05) is 11.0 Å². The first-order valence-electron chi connectivity index (χ1n) is 11.9. The van der Waals surface area contributed by atoms with Gasteiger partial charge in [0, 0.05) is 64.7 Å². The van der Waals surface area contributed by atoms with Crippen LogP contribution in [-0.4, -0.2) is 99.1 Å².